The average molecular weight is 364 g/mol. The van der Waals surface area contributed by atoms with Gasteiger partial charge in [-0.25, -0.2) is 0 Å². The first-order chi connectivity index (χ1) is 13.2. The lowest BCUT2D eigenvalue weighted by molar-refractivity contribution is 0.0593. The first kappa shape index (κ1) is 18.1. The van der Waals surface area contributed by atoms with Crippen LogP contribution in [0, 0.1) is 6.92 Å². The van der Waals surface area contributed by atoms with E-state index >= 15 is 0 Å². The van der Waals surface area contributed by atoms with Crippen molar-refractivity contribution >= 4 is 10.9 Å². The molecule has 2 aromatic carbocycles. The van der Waals surface area contributed by atoms with Crippen molar-refractivity contribution in [3.63, 3.8) is 0 Å². The Morgan fingerprint density at radius 2 is 1.85 bits per heavy atom. The van der Waals surface area contributed by atoms with Gasteiger partial charge in [-0.05, 0) is 62.0 Å². The maximum absolute atomic E-state index is 10.4. The van der Waals surface area contributed by atoms with Crippen LogP contribution in [0.1, 0.15) is 29.9 Å². The van der Waals surface area contributed by atoms with Crippen LogP contribution < -0.4 is 4.74 Å². The van der Waals surface area contributed by atoms with E-state index in [1.807, 2.05) is 31.2 Å². The van der Waals surface area contributed by atoms with Crippen LogP contribution in [0.4, 0.5) is 0 Å². The molecule has 1 fully saturated rings. The molecule has 2 heterocycles. The molecule has 1 aromatic heterocycles. The zero-order valence-electron chi connectivity index (χ0n) is 15.9. The van der Waals surface area contributed by atoms with Crippen molar-refractivity contribution in [3.05, 3.63) is 65.9 Å². The molecule has 0 bridgehead atoms. The van der Waals surface area contributed by atoms with Gasteiger partial charge in [0.2, 0.25) is 0 Å². The van der Waals surface area contributed by atoms with Crippen molar-refractivity contribution in [1.29, 1.82) is 0 Å². The van der Waals surface area contributed by atoms with E-state index in [-0.39, 0.29) is 0 Å². The molecule has 1 aliphatic rings. The number of aliphatic hydroxyl groups excluding tert-OH is 1. The molecule has 4 nitrogen and oxygen atoms in total. The highest BCUT2D eigenvalue weighted by Gasteiger charge is 2.24. The van der Waals surface area contributed by atoms with Crippen LogP contribution in [0.2, 0.25) is 0 Å². The summed E-state index contributed by atoms with van der Waals surface area (Å²) in [6.07, 6.45) is 3.98. The standard InChI is InChI=1S/C23H28N2O2/c1-17-6-2-5-9-23(17)27-16-19(26)15-25-12-10-18(11-13-25)21-14-24-22-8-4-3-7-20(21)22/h2-9,14,18-19,24,26H,10-13,15-16H2,1H3. The number of rotatable bonds is 6. The molecule has 0 saturated carbocycles. The Morgan fingerprint density at radius 1 is 1.11 bits per heavy atom. The van der Waals surface area contributed by atoms with Gasteiger partial charge in [0, 0.05) is 23.6 Å². The van der Waals surface area contributed by atoms with Crippen molar-refractivity contribution in [2.75, 3.05) is 26.2 Å². The minimum absolute atomic E-state index is 0.341. The zero-order chi connectivity index (χ0) is 18.6. The lowest BCUT2D eigenvalue weighted by atomic mass is 9.89. The van der Waals surface area contributed by atoms with Gasteiger partial charge in [-0.1, -0.05) is 36.4 Å². The largest absolute Gasteiger partial charge is 0.491 e. The summed E-state index contributed by atoms with van der Waals surface area (Å²) >= 11 is 0. The number of nitrogens with zero attached hydrogens (tertiary/aromatic N) is 1. The second-order valence-electron chi connectivity index (χ2n) is 7.59. The molecule has 0 spiro atoms. The van der Waals surface area contributed by atoms with Crippen LogP contribution in [0.5, 0.6) is 5.75 Å². The van der Waals surface area contributed by atoms with Gasteiger partial charge in [-0.3, -0.25) is 0 Å². The van der Waals surface area contributed by atoms with E-state index in [4.69, 9.17) is 4.74 Å². The lowest BCUT2D eigenvalue weighted by Crippen LogP contribution is -2.40. The molecule has 1 atom stereocenters. The Kier molecular flexibility index (Phi) is 5.46. The lowest BCUT2D eigenvalue weighted by Gasteiger charge is -2.33. The number of aryl methyl sites for hydroxylation is 1. The van der Waals surface area contributed by atoms with Gasteiger partial charge in [-0.2, -0.15) is 0 Å². The van der Waals surface area contributed by atoms with Crippen LogP contribution in [0.3, 0.4) is 0 Å². The highest BCUT2D eigenvalue weighted by molar-refractivity contribution is 5.83. The Balaban J connectivity index is 1.27. The van der Waals surface area contributed by atoms with E-state index in [1.165, 1.54) is 16.5 Å². The number of fused-ring (bicyclic) bond motifs is 1. The third kappa shape index (κ3) is 4.18. The summed E-state index contributed by atoms with van der Waals surface area (Å²) in [5.74, 6) is 1.45. The molecule has 4 rings (SSSR count). The van der Waals surface area contributed by atoms with Gasteiger partial charge < -0.3 is 19.7 Å². The molecule has 1 saturated heterocycles. The summed E-state index contributed by atoms with van der Waals surface area (Å²) in [6.45, 7) is 5.08. The number of β-amino-alcohol motifs (C(OH)–C–C–N with tert-alkyl or cyclic N) is 1. The monoisotopic (exact) mass is 364 g/mol. The van der Waals surface area contributed by atoms with Gasteiger partial charge in [-0.15, -0.1) is 0 Å². The Bertz CT molecular complexity index is 881. The van der Waals surface area contributed by atoms with E-state index < -0.39 is 6.10 Å². The number of hydrogen-bond acceptors (Lipinski definition) is 3. The molecular formula is C23H28N2O2. The van der Waals surface area contributed by atoms with Gasteiger partial charge in [0.05, 0.1) is 0 Å². The molecule has 27 heavy (non-hydrogen) atoms. The van der Waals surface area contributed by atoms with Crippen molar-refractivity contribution in [2.45, 2.75) is 31.8 Å². The number of hydrogen-bond donors (Lipinski definition) is 2. The van der Waals surface area contributed by atoms with E-state index in [1.54, 1.807) is 0 Å². The van der Waals surface area contributed by atoms with Gasteiger partial charge >= 0.3 is 0 Å². The Labute approximate surface area is 160 Å². The van der Waals surface area contributed by atoms with E-state index in [0.29, 0.717) is 19.1 Å². The van der Waals surface area contributed by atoms with E-state index in [2.05, 4.69) is 40.3 Å². The van der Waals surface area contributed by atoms with Crippen molar-refractivity contribution in [3.8, 4) is 5.75 Å². The maximum atomic E-state index is 10.4. The SMILES string of the molecule is Cc1ccccc1OCC(O)CN1CCC(c2c[nH]c3ccccc23)CC1. The van der Waals surface area contributed by atoms with Crippen molar-refractivity contribution in [2.24, 2.45) is 0 Å². The molecule has 3 aromatic rings. The fraction of sp³-hybridized carbons (Fsp3) is 0.391. The highest BCUT2D eigenvalue weighted by atomic mass is 16.5. The van der Waals surface area contributed by atoms with Crippen molar-refractivity contribution < 1.29 is 9.84 Å². The number of likely N-dealkylation sites (tertiary alicyclic amines) is 1. The summed E-state index contributed by atoms with van der Waals surface area (Å²) < 4.78 is 5.79. The molecule has 0 radical (unpaired) electrons. The molecule has 1 aliphatic heterocycles. The minimum Gasteiger partial charge on any atom is -0.491 e. The molecule has 0 aliphatic carbocycles. The number of H-pyrrole nitrogens is 1. The normalized spacial score (nSPS) is 17.3. The second kappa shape index (κ2) is 8.15. The first-order valence-electron chi connectivity index (χ1n) is 9.85. The van der Waals surface area contributed by atoms with Crippen LogP contribution in [-0.2, 0) is 0 Å². The average Bonchev–Trinajstić information content (AvgIpc) is 3.12. The Hall–Kier alpha value is -2.30. The third-order valence-electron chi connectivity index (χ3n) is 5.64. The van der Waals surface area contributed by atoms with Crippen LogP contribution in [-0.4, -0.2) is 47.3 Å². The minimum atomic E-state index is -0.464. The number of benzene rings is 2. The topological polar surface area (TPSA) is 48.5 Å². The molecule has 4 heteroatoms. The summed E-state index contributed by atoms with van der Waals surface area (Å²) in [5.41, 5.74) is 3.76. The number of aliphatic hydroxyl groups is 1. The number of nitrogens with one attached hydrogen (secondary N) is 1. The van der Waals surface area contributed by atoms with Gasteiger partial charge in [0.15, 0.2) is 0 Å². The highest BCUT2D eigenvalue weighted by Crippen LogP contribution is 2.33. The predicted molar refractivity (Wildman–Crippen MR) is 109 cm³/mol. The number of ether oxygens (including phenoxy) is 1. The maximum Gasteiger partial charge on any atom is 0.122 e. The molecule has 0 amide bonds. The molecular weight excluding hydrogens is 336 g/mol. The summed E-state index contributed by atoms with van der Waals surface area (Å²) in [7, 11) is 0. The fourth-order valence-corrected chi connectivity index (χ4v) is 4.11. The summed E-state index contributed by atoms with van der Waals surface area (Å²) in [6, 6.07) is 16.5. The number of para-hydroxylation sites is 2. The second-order valence-corrected chi connectivity index (χ2v) is 7.59. The van der Waals surface area contributed by atoms with E-state index in [0.717, 1.165) is 37.2 Å². The molecule has 2 N–H and O–H groups in total. The Morgan fingerprint density at radius 3 is 2.67 bits per heavy atom. The summed E-state index contributed by atoms with van der Waals surface area (Å²) in [5, 5.41) is 11.7. The summed E-state index contributed by atoms with van der Waals surface area (Å²) in [4.78, 5) is 5.75. The van der Waals surface area contributed by atoms with Gasteiger partial charge in [0.1, 0.15) is 18.5 Å². The molecule has 1 unspecified atom stereocenters. The fourth-order valence-electron chi connectivity index (χ4n) is 4.11. The zero-order valence-corrected chi connectivity index (χ0v) is 15.9. The van der Waals surface area contributed by atoms with Crippen LogP contribution >= 0.6 is 0 Å². The van der Waals surface area contributed by atoms with Crippen LogP contribution in [0.25, 0.3) is 10.9 Å². The number of aromatic amines is 1. The number of piperidine rings is 1. The quantitative estimate of drug-likeness (QED) is 0.692. The van der Waals surface area contributed by atoms with Crippen LogP contribution in [0.15, 0.2) is 54.7 Å². The first-order valence-corrected chi connectivity index (χ1v) is 9.85. The smallest absolute Gasteiger partial charge is 0.122 e. The van der Waals surface area contributed by atoms with E-state index in [9.17, 15) is 5.11 Å². The van der Waals surface area contributed by atoms with Gasteiger partial charge in [0.25, 0.3) is 0 Å². The number of aromatic nitrogens is 1. The van der Waals surface area contributed by atoms with Crippen molar-refractivity contribution in [1.82, 2.24) is 9.88 Å². The molecule has 142 valence electrons. The predicted octanol–water partition coefficient (Wildman–Crippen LogP) is 4.10. The third-order valence-corrected chi connectivity index (χ3v) is 5.64.